The largest absolute Gasteiger partial charge is 0.455 e. The molecule has 0 amide bonds. The molecule has 0 aromatic rings. The van der Waals surface area contributed by atoms with Crippen molar-refractivity contribution in [3.8, 4) is 0 Å². The number of carbonyl (C=O) groups is 2. The van der Waals surface area contributed by atoms with Crippen molar-refractivity contribution in [2.45, 2.75) is 92.1 Å². The highest BCUT2D eigenvalue weighted by Crippen LogP contribution is 2.51. The molecule has 0 aromatic heterocycles. The monoisotopic (exact) mass is 352 g/mol. The maximum Gasteiger partial charge on any atom is 0.312 e. The molecule has 0 radical (unpaired) electrons. The lowest BCUT2D eigenvalue weighted by molar-refractivity contribution is -0.178. The summed E-state index contributed by atoms with van der Waals surface area (Å²) in [6, 6.07) is 0. The Kier molecular flexibility index (Phi) is 4.26. The lowest BCUT2D eigenvalue weighted by atomic mass is 9.60. The topological polar surface area (TPSA) is 61.8 Å². The van der Waals surface area contributed by atoms with Gasteiger partial charge >= 0.3 is 11.9 Å². The van der Waals surface area contributed by atoms with E-state index in [1.165, 1.54) is 0 Å². The van der Waals surface area contributed by atoms with Crippen molar-refractivity contribution in [1.82, 2.24) is 0 Å². The molecule has 3 saturated heterocycles. The smallest absolute Gasteiger partial charge is 0.312 e. The van der Waals surface area contributed by atoms with Gasteiger partial charge in [0.05, 0.1) is 17.4 Å². The van der Waals surface area contributed by atoms with Gasteiger partial charge in [0.1, 0.15) is 6.10 Å². The Labute approximate surface area is 150 Å². The molecule has 6 unspecified atom stereocenters. The summed E-state index contributed by atoms with van der Waals surface area (Å²) in [5, 5.41) is 0. The maximum atomic E-state index is 13.3. The fourth-order valence-electron chi connectivity index (χ4n) is 4.36. The van der Waals surface area contributed by atoms with Crippen LogP contribution in [0.3, 0.4) is 0 Å². The fourth-order valence-corrected chi connectivity index (χ4v) is 4.36. The first kappa shape index (κ1) is 18.7. The Morgan fingerprint density at radius 3 is 2.36 bits per heavy atom. The van der Waals surface area contributed by atoms with E-state index in [4.69, 9.17) is 14.2 Å². The van der Waals surface area contributed by atoms with E-state index in [0.29, 0.717) is 6.42 Å². The van der Waals surface area contributed by atoms with Crippen molar-refractivity contribution >= 4 is 11.9 Å². The molecule has 0 aliphatic carbocycles. The van der Waals surface area contributed by atoms with E-state index in [9.17, 15) is 9.59 Å². The zero-order valence-corrected chi connectivity index (χ0v) is 16.5. The average molecular weight is 352 g/mol. The van der Waals surface area contributed by atoms with Gasteiger partial charge in [-0.1, -0.05) is 48.0 Å². The van der Waals surface area contributed by atoms with Crippen LogP contribution in [0.5, 0.6) is 0 Å². The van der Waals surface area contributed by atoms with Crippen LogP contribution in [0.4, 0.5) is 0 Å². The maximum absolute atomic E-state index is 13.3. The highest BCUT2D eigenvalue weighted by Gasteiger charge is 2.65. The Morgan fingerprint density at radius 2 is 1.80 bits per heavy atom. The molecule has 3 heterocycles. The van der Waals surface area contributed by atoms with Gasteiger partial charge in [-0.3, -0.25) is 9.59 Å². The zero-order valence-electron chi connectivity index (χ0n) is 16.5. The van der Waals surface area contributed by atoms with Crippen LogP contribution in [-0.2, 0) is 23.8 Å². The van der Waals surface area contributed by atoms with Crippen molar-refractivity contribution in [3.63, 3.8) is 0 Å². The first-order valence-electron chi connectivity index (χ1n) is 9.47. The van der Waals surface area contributed by atoms with E-state index in [-0.39, 0.29) is 40.9 Å². The average Bonchev–Trinajstić information content (AvgIpc) is 3.10. The third-order valence-electron chi connectivity index (χ3n) is 6.92. The van der Waals surface area contributed by atoms with E-state index in [1.807, 2.05) is 6.92 Å². The van der Waals surface area contributed by atoms with Crippen LogP contribution in [0.15, 0.2) is 0 Å². The second-order valence-corrected chi connectivity index (χ2v) is 10.0. The van der Waals surface area contributed by atoms with E-state index in [2.05, 4.69) is 41.5 Å². The zero-order chi connectivity index (χ0) is 18.8. The first-order chi connectivity index (χ1) is 11.4. The van der Waals surface area contributed by atoms with Gasteiger partial charge in [0.15, 0.2) is 12.2 Å². The van der Waals surface area contributed by atoms with Gasteiger partial charge < -0.3 is 14.2 Å². The van der Waals surface area contributed by atoms with E-state index in [1.54, 1.807) is 0 Å². The fraction of sp³-hybridized carbons (Fsp3) is 0.900. The van der Waals surface area contributed by atoms with Crippen molar-refractivity contribution in [2.75, 3.05) is 0 Å². The Balaban J connectivity index is 1.79. The molecule has 2 bridgehead atoms. The molecule has 5 nitrogen and oxygen atoms in total. The summed E-state index contributed by atoms with van der Waals surface area (Å²) >= 11 is 0. The van der Waals surface area contributed by atoms with Crippen molar-refractivity contribution in [1.29, 1.82) is 0 Å². The van der Waals surface area contributed by atoms with Gasteiger partial charge in [-0.25, -0.2) is 0 Å². The summed E-state index contributed by atoms with van der Waals surface area (Å²) in [4.78, 5) is 25.1. The van der Waals surface area contributed by atoms with Gasteiger partial charge in [-0.2, -0.15) is 0 Å². The second kappa shape index (κ2) is 5.70. The van der Waals surface area contributed by atoms with E-state index >= 15 is 0 Å². The van der Waals surface area contributed by atoms with Gasteiger partial charge in [-0.05, 0) is 30.6 Å². The summed E-state index contributed by atoms with van der Waals surface area (Å²) in [5.74, 6) is -0.582. The minimum Gasteiger partial charge on any atom is -0.455 e. The molecule has 3 rings (SSSR count). The second-order valence-electron chi connectivity index (χ2n) is 10.0. The van der Waals surface area contributed by atoms with Crippen LogP contribution in [0.25, 0.3) is 0 Å². The number of hydrogen-bond acceptors (Lipinski definition) is 5. The van der Waals surface area contributed by atoms with E-state index < -0.39 is 17.6 Å². The molecule has 6 atom stereocenters. The standard InChI is InChI=1S/C20H32O5/c1-8-19(5,6)10-20(7,18(2,3)4)17(22)25-14-12-9-11-13(23-12)15(14)24-16(11)21/h11-15H,8-10H2,1-7H3. The number of fused-ring (bicyclic) bond motifs is 1. The summed E-state index contributed by atoms with van der Waals surface area (Å²) in [5.41, 5.74) is -0.836. The van der Waals surface area contributed by atoms with Crippen LogP contribution in [0.2, 0.25) is 0 Å². The molecule has 25 heavy (non-hydrogen) atoms. The molecule has 3 fully saturated rings. The van der Waals surface area contributed by atoms with Crippen LogP contribution in [0.1, 0.15) is 67.7 Å². The molecule has 3 aliphatic heterocycles. The van der Waals surface area contributed by atoms with Gasteiger partial charge in [-0.15, -0.1) is 0 Å². The number of hydrogen-bond donors (Lipinski definition) is 0. The first-order valence-corrected chi connectivity index (χ1v) is 9.47. The number of ether oxygens (including phenoxy) is 3. The van der Waals surface area contributed by atoms with Crippen LogP contribution in [-0.4, -0.2) is 36.4 Å². The van der Waals surface area contributed by atoms with Gasteiger partial charge in [0.25, 0.3) is 0 Å². The molecule has 0 aromatic carbocycles. The number of carbonyl (C=O) groups excluding carboxylic acids is 2. The highest BCUT2D eigenvalue weighted by molar-refractivity contribution is 5.79. The molecule has 0 spiro atoms. The molecular weight excluding hydrogens is 320 g/mol. The predicted molar refractivity (Wildman–Crippen MR) is 92.8 cm³/mol. The molecule has 142 valence electrons. The van der Waals surface area contributed by atoms with Gasteiger partial charge in [0.2, 0.25) is 0 Å². The SMILES string of the molecule is CCC(C)(C)CC(C)(C(=O)OC1C2CC3C(=O)OC1C3O2)C(C)(C)C. The minimum atomic E-state index is -0.629. The van der Waals surface area contributed by atoms with Crippen LogP contribution >= 0.6 is 0 Å². The lowest BCUT2D eigenvalue weighted by Crippen LogP contribution is -2.49. The highest BCUT2D eigenvalue weighted by atomic mass is 16.7. The minimum absolute atomic E-state index is 0.0388. The van der Waals surface area contributed by atoms with E-state index in [0.717, 1.165) is 12.8 Å². The van der Waals surface area contributed by atoms with Crippen LogP contribution in [0, 0.1) is 22.2 Å². The lowest BCUT2D eigenvalue weighted by Gasteiger charge is -2.45. The van der Waals surface area contributed by atoms with Crippen molar-refractivity contribution in [3.05, 3.63) is 0 Å². The molecular formula is C20H32O5. The number of esters is 2. The quantitative estimate of drug-likeness (QED) is 0.709. The van der Waals surface area contributed by atoms with Crippen molar-refractivity contribution < 1.29 is 23.8 Å². The predicted octanol–water partition coefficient (Wildman–Crippen LogP) is 3.49. The van der Waals surface area contributed by atoms with Gasteiger partial charge in [0, 0.05) is 0 Å². The summed E-state index contributed by atoms with van der Waals surface area (Å²) < 4.78 is 17.2. The Bertz CT molecular complexity index is 575. The van der Waals surface area contributed by atoms with Crippen LogP contribution < -0.4 is 0 Å². The third kappa shape index (κ3) is 2.88. The molecule has 0 saturated carbocycles. The summed E-state index contributed by atoms with van der Waals surface area (Å²) in [6.07, 6.45) is 1.00. The Hall–Kier alpha value is -1.10. The normalized spacial score (nSPS) is 36.3. The Morgan fingerprint density at radius 1 is 1.16 bits per heavy atom. The third-order valence-corrected chi connectivity index (χ3v) is 6.92. The summed E-state index contributed by atoms with van der Waals surface area (Å²) in [6.45, 7) is 14.8. The molecule has 5 heteroatoms. The molecule has 0 N–H and O–H groups in total. The molecule has 3 aliphatic rings. The summed E-state index contributed by atoms with van der Waals surface area (Å²) in [7, 11) is 0. The van der Waals surface area contributed by atoms with Crippen molar-refractivity contribution in [2.24, 2.45) is 22.2 Å². The number of rotatable bonds is 5.